The van der Waals surface area contributed by atoms with Crippen LogP contribution in [0.3, 0.4) is 0 Å². The average Bonchev–Trinajstić information content (AvgIpc) is 3.22. The quantitative estimate of drug-likeness (QED) is 0.645. The van der Waals surface area contributed by atoms with Crippen molar-refractivity contribution in [2.45, 2.75) is 32.0 Å². The lowest BCUT2D eigenvalue weighted by atomic mass is 9.83. The van der Waals surface area contributed by atoms with Gasteiger partial charge in [0.15, 0.2) is 0 Å². The molecule has 3 aromatic rings. The van der Waals surface area contributed by atoms with E-state index in [1.807, 2.05) is 59.2 Å². The largest absolute Gasteiger partial charge is 0.462 e. The van der Waals surface area contributed by atoms with Gasteiger partial charge in [-0.3, -0.25) is 9.69 Å². The maximum absolute atomic E-state index is 13.2. The van der Waals surface area contributed by atoms with Crippen LogP contribution in [-0.2, 0) is 19.7 Å². The topological polar surface area (TPSA) is 58.6 Å². The van der Waals surface area contributed by atoms with Crippen LogP contribution in [0.2, 0.25) is 5.02 Å². The molecule has 1 N–H and O–H groups in total. The monoisotopic (exact) mass is 436 g/mol. The van der Waals surface area contributed by atoms with Crippen molar-refractivity contribution in [3.63, 3.8) is 0 Å². The normalized spacial score (nSPS) is 20.8. The number of pyridine rings is 1. The van der Waals surface area contributed by atoms with Crippen molar-refractivity contribution in [3.05, 3.63) is 92.2 Å². The van der Waals surface area contributed by atoms with Crippen molar-refractivity contribution < 1.29 is 9.52 Å². The van der Waals surface area contributed by atoms with Crippen molar-refractivity contribution >= 4 is 23.8 Å². The second kappa shape index (κ2) is 8.50. The smallest absolute Gasteiger partial charge is 0.258 e. The summed E-state index contributed by atoms with van der Waals surface area (Å²) in [5, 5.41) is 9.91. The molecule has 0 amide bonds. The van der Waals surface area contributed by atoms with Crippen LogP contribution in [0.25, 0.3) is 12.2 Å². The number of rotatable bonds is 5. The highest BCUT2D eigenvalue weighted by Crippen LogP contribution is 2.35. The molecule has 1 saturated heterocycles. The highest BCUT2D eigenvalue weighted by Gasteiger charge is 2.35. The SMILES string of the molecule is O=c1c(C=Cc2ccc(Cl)cc2)ccc2n1CC1CC2CN(Cc2ccc(CO)o2)C1. The average molecular weight is 437 g/mol. The van der Waals surface area contributed by atoms with Gasteiger partial charge in [0.05, 0.1) is 6.54 Å². The van der Waals surface area contributed by atoms with E-state index in [0.29, 0.717) is 28.2 Å². The fourth-order valence-corrected chi connectivity index (χ4v) is 5.02. The van der Waals surface area contributed by atoms with Gasteiger partial charge in [0.1, 0.15) is 18.1 Å². The van der Waals surface area contributed by atoms with Crippen LogP contribution in [0.15, 0.2) is 57.7 Å². The Labute approximate surface area is 186 Å². The van der Waals surface area contributed by atoms with Gasteiger partial charge >= 0.3 is 0 Å². The number of nitrogens with zero attached hydrogens (tertiary/aromatic N) is 2. The Morgan fingerprint density at radius 3 is 2.58 bits per heavy atom. The molecule has 0 aliphatic carbocycles. The predicted molar refractivity (Wildman–Crippen MR) is 122 cm³/mol. The molecular formula is C25H25ClN2O3. The number of furan rings is 1. The minimum absolute atomic E-state index is 0.0731. The number of halogens is 1. The number of benzene rings is 1. The lowest BCUT2D eigenvalue weighted by molar-refractivity contribution is 0.106. The molecule has 6 heteroatoms. The van der Waals surface area contributed by atoms with Crippen molar-refractivity contribution in [1.82, 2.24) is 9.47 Å². The number of aromatic nitrogens is 1. The predicted octanol–water partition coefficient (Wildman–Crippen LogP) is 4.38. The van der Waals surface area contributed by atoms with E-state index in [0.717, 1.165) is 49.6 Å². The Hall–Kier alpha value is -2.60. The Balaban J connectivity index is 1.35. The van der Waals surface area contributed by atoms with Gasteiger partial charge in [-0.25, -0.2) is 0 Å². The van der Waals surface area contributed by atoms with E-state index in [4.69, 9.17) is 16.0 Å². The molecule has 1 fully saturated rings. The Kier molecular flexibility index (Phi) is 5.57. The van der Waals surface area contributed by atoms with E-state index >= 15 is 0 Å². The zero-order valence-corrected chi connectivity index (χ0v) is 18.0. The molecule has 0 radical (unpaired) electrons. The molecule has 2 bridgehead atoms. The standard InChI is InChI=1S/C25H25ClN2O3/c26-21-6-2-17(3-7-21)1-4-19-5-10-24-20-11-18(13-28(24)25(19)30)12-27(14-20)15-22-8-9-23(16-29)31-22/h1-10,18,20,29H,11-16H2. The van der Waals surface area contributed by atoms with Crippen molar-refractivity contribution in [3.8, 4) is 0 Å². The van der Waals surface area contributed by atoms with Crippen LogP contribution >= 0.6 is 11.6 Å². The second-order valence-corrected chi connectivity index (χ2v) is 8.97. The zero-order chi connectivity index (χ0) is 21.4. The summed E-state index contributed by atoms with van der Waals surface area (Å²) in [4.78, 5) is 15.6. The second-order valence-electron chi connectivity index (χ2n) is 8.53. The lowest BCUT2D eigenvalue weighted by Crippen LogP contribution is -2.47. The zero-order valence-electron chi connectivity index (χ0n) is 17.2. The van der Waals surface area contributed by atoms with Gasteiger partial charge in [-0.15, -0.1) is 0 Å². The van der Waals surface area contributed by atoms with Gasteiger partial charge in [-0.05, 0) is 60.4 Å². The minimum Gasteiger partial charge on any atom is -0.462 e. The van der Waals surface area contributed by atoms with Crippen molar-refractivity contribution in [2.24, 2.45) is 5.92 Å². The van der Waals surface area contributed by atoms with E-state index in [9.17, 15) is 9.90 Å². The number of aliphatic hydroxyl groups excluding tert-OH is 1. The molecular weight excluding hydrogens is 412 g/mol. The summed E-state index contributed by atoms with van der Waals surface area (Å²) >= 11 is 5.95. The van der Waals surface area contributed by atoms with Crippen LogP contribution in [0.4, 0.5) is 0 Å². The molecule has 2 aliphatic heterocycles. The number of aliphatic hydroxyl groups is 1. The first-order valence-electron chi connectivity index (χ1n) is 10.7. The van der Waals surface area contributed by atoms with Crippen LogP contribution in [-0.4, -0.2) is 27.7 Å². The first-order valence-corrected chi connectivity index (χ1v) is 11.0. The maximum Gasteiger partial charge on any atom is 0.258 e. The number of likely N-dealkylation sites (tertiary alicyclic amines) is 1. The van der Waals surface area contributed by atoms with Crippen LogP contribution in [0.1, 0.15) is 40.7 Å². The number of fused-ring (bicyclic) bond motifs is 4. The Morgan fingerprint density at radius 2 is 1.81 bits per heavy atom. The Morgan fingerprint density at radius 1 is 1.00 bits per heavy atom. The fraction of sp³-hybridized carbons (Fsp3) is 0.320. The van der Waals surface area contributed by atoms with Gasteiger partial charge < -0.3 is 14.1 Å². The fourth-order valence-electron chi connectivity index (χ4n) is 4.89. The van der Waals surface area contributed by atoms with E-state index in [-0.39, 0.29) is 12.2 Å². The molecule has 5 nitrogen and oxygen atoms in total. The van der Waals surface area contributed by atoms with Crippen molar-refractivity contribution in [2.75, 3.05) is 13.1 Å². The third-order valence-corrected chi connectivity index (χ3v) is 6.54. The van der Waals surface area contributed by atoms with Gasteiger partial charge in [0, 0.05) is 41.8 Å². The summed E-state index contributed by atoms with van der Waals surface area (Å²) in [5.41, 5.74) is 2.94. The molecule has 160 valence electrons. The molecule has 2 unspecified atom stereocenters. The number of hydrogen-bond donors (Lipinski definition) is 1. The van der Waals surface area contributed by atoms with Crippen LogP contribution in [0, 0.1) is 5.92 Å². The molecule has 4 heterocycles. The lowest BCUT2D eigenvalue weighted by Gasteiger charge is -2.42. The van der Waals surface area contributed by atoms with Gasteiger partial charge in [0.25, 0.3) is 5.56 Å². The molecule has 0 spiro atoms. The summed E-state index contributed by atoms with van der Waals surface area (Å²) in [7, 11) is 0. The first-order chi connectivity index (χ1) is 15.1. The first kappa shape index (κ1) is 20.3. The summed E-state index contributed by atoms with van der Waals surface area (Å²) < 4.78 is 7.65. The molecule has 31 heavy (non-hydrogen) atoms. The summed E-state index contributed by atoms with van der Waals surface area (Å²) in [5.74, 6) is 2.28. The summed E-state index contributed by atoms with van der Waals surface area (Å²) in [6.07, 6.45) is 4.97. The van der Waals surface area contributed by atoms with Gasteiger partial charge in [-0.2, -0.15) is 0 Å². The number of piperidine rings is 1. The summed E-state index contributed by atoms with van der Waals surface area (Å²) in [6, 6.07) is 15.4. The highest BCUT2D eigenvalue weighted by molar-refractivity contribution is 6.30. The molecule has 0 saturated carbocycles. The highest BCUT2D eigenvalue weighted by atomic mass is 35.5. The third kappa shape index (κ3) is 4.26. The maximum atomic E-state index is 13.2. The Bertz CT molecular complexity index is 1160. The molecule has 2 atom stereocenters. The third-order valence-electron chi connectivity index (χ3n) is 6.29. The van der Waals surface area contributed by atoms with Crippen molar-refractivity contribution in [1.29, 1.82) is 0 Å². The molecule has 1 aromatic carbocycles. The van der Waals surface area contributed by atoms with E-state index < -0.39 is 0 Å². The van der Waals surface area contributed by atoms with E-state index in [2.05, 4.69) is 11.0 Å². The van der Waals surface area contributed by atoms with Gasteiger partial charge in [-0.1, -0.05) is 29.8 Å². The number of hydrogen-bond acceptors (Lipinski definition) is 4. The molecule has 5 rings (SSSR count). The van der Waals surface area contributed by atoms with E-state index in [1.54, 1.807) is 0 Å². The molecule has 2 aromatic heterocycles. The van der Waals surface area contributed by atoms with E-state index in [1.165, 1.54) is 0 Å². The molecule has 2 aliphatic rings. The van der Waals surface area contributed by atoms with Crippen LogP contribution in [0.5, 0.6) is 0 Å². The van der Waals surface area contributed by atoms with Crippen LogP contribution < -0.4 is 5.56 Å². The minimum atomic E-state index is -0.0731. The van der Waals surface area contributed by atoms with Gasteiger partial charge in [0.2, 0.25) is 0 Å². The summed E-state index contributed by atoms with van der Waals surface area (Å²) in [6.45, 7) is 3.27.